The number of nitrogens with two attached hydrogens (primary N) is 1. The van der Waals surface area contributed by atoms with Crippen LogP contribution in [0.1, 0.15) is 28.4 Å². The van der Waals surface area contributed by atoms with Crippen LogP contribution in [0, 0.1) is 11.6 Å². The van der Waals surface area contributed by atoms with Crippen LogP contribution in [-0.4, -0.2) is 18.5 Å². The number of ether oxygens (including phenoxy) is 2. The van der Waals surface area contributed by atoms with Gasteiger partial charge in [-0.1, -0.05) is 17.4 Å². The highest BCUT2D eigenvalue weighted by molar-refractivity contribution is 7.18. The van der Waals surface area contributed by atoms with Gasteiger partial charge >= 0.3 is 0 Å². The van der Waals surface area contributed by atoms with Crippen LogP contribution in [0.4, 0.5) is 13.8 Å². The summed E-state index contributed by atoms with van der Waals surface area (Å²) < 4.78 is 38.7. The Morgan fingerprint density at radius 3 is 2.68 bits per heavy atom. The van der Waals surface area contributed by atoms with E-state index in [1.165, 1.54) is 6.07 Å². The number of rotatable bonds is 2. The number of hydrogen-bond acceptors (Lipinski definition) is 5. The van der Waals surface area contributed by atoms with E-state index >= 15 is 0 Å². The molecule has 2 aromatic rings. The van der Waals surface area contributed by atoms with Crippen molar-refractivity contribution in [3.05, 3.63) is 46.5 Å². The minimum absolute atomic E-state index is 0.0538. The Labute approximate surface area is 129 Å². The number of carbonyl (C=O) groups is 1. The second-order valence-electron chi connectivity index (χ2n) is 4.97. The van der Waals surface area contributed by atoms with E-state index in [-0.39, 0.29) is 23.3 Å². The van der Waals surface area contributed by atoms with Crippen molar-refractivity contribution in [2.24, 2.45) is 0 Å². The summed E-state index contributed by atoms with van der Waals surface area (Å²) in [5.74, 6) is -2.64. The van der Waals surface area contributed by atoms with Crippen LogP contribution in [-0.2, 0) is 11.3 Å². The first-order valence-electron chi connectivity index (χ1n) is 6.63. The fourth-order valence-corrected chi connectivity index (χ4v) is 3.20. The standard InChI is InChI=1S/C15H13F2NO3S/c1-7-5-21-15-8(6-20-7)11(14(18)22-15)13(19)12-9(16)3-2-4-10(12)17/h2-4,7H,5-6,18H2,1H3/t7-/m0/s1. The van der Waals surface area contributed by atoms with Crippen molar-refractivity contribution >= 4 is 22.1 Å². The topological polar surface area (TPSA) is 61.5 Å². The van der Waals surface area contributed by atoms with E-state index in [4.69, 9.17) is 15.2 Å². The lowest BCUT2D eigenvalue weighted by Crippen LogP contribution is -2.15. The summed E-state index contributed by atoms with van der Waals surface area (Å²) in [6.45, 7) is 2.27. The summed E-state index contributed by atoms with van der Waals surface area (Å²) in [6.07, 6.45) is -0.144. The third kappa shape index (κ3) is 2.46. The molecule has 0 aliphatic carbocycles. The van der Waals surface area contributed by atoms with E-state index in [1.807, 2.05) is 6.92 Å². The zero-order chi connectivity index (χ0) is 15.9. The number of anilines is 1. The third-order valence-electron chi connectivity index (χ3n) is 3.38. The van der Waals surface area contributed by atoms with Crippen molar-refractivity contribution < 1.29 is 23.0 Å². The van der Waals surface area contributed by atoms with E-state index in [0.717, 1.165) is 23.5 Å². The van der Waals surface area contributed by atoms with E-state index in [0.29, 0.717) is 17.2 Å². The predicted molar refractivity (Wildman–Crippen MR) is 78.3 cm³/mol. The van der Waals surface area contributed by atoms with Crippen LogP contribution in [0.15, 0.2) is 18.2 Å². The summed E-state index contributed by atoms with van der Waals surface area (Å²) in [4.78, 5) is 12.6. The molecule has 2 N–H and O–H groups in total. The van der Waals surface area contributed by atoms with Crippen molar-refractivity contribution in [1.29, 1.82) is 0 Å². The summed E-state index contributed by atoms with van der Waals surface area (Å²) >= 11 is 1.08. The Balaban J connectivity index is 2.09. The zero-order valence-electron chi connectivity index (χ0n) is 11.7. The zero-order valence-corrected chi connectivity index (χ0v) is 12.5. The molecular weight excluding hydrogens is 312 g/mol. The van der Waals surface area contributed by atoms with E-state index in [2.05, 4.69) is 0 Å². The molecule has 0 saturated carbocycles. The lowest BCUT2D eigenvalue weighted by Gasteiger charge is -2.08. The molecule has 0 bridgehead atoms. The van der Waals surface area contributed by atoms with Crippen LogP contribution in [0.2, 0.25) is 0 Å². The molecule has 1 aromatic carbocycles. The van der Waals surface area contributed by atoms with Gasteiger partial charge in [0.25, 0.3) is 0 Å². The Bertz CT molecular complexity index is 724. The number of nitrogen functional groups attached to an aromatic ring is 1. The molecule has 0 fully saturated rings. The second-order valence-corrected chi connectivity index (χ2v) is 5.98. The van der Waals surface area contributed by atoms with E-state index in [1.54, 1.807) is 0 Å². The number of halogens is 2. The van der Waals surface area contributed by atoms with E-state index < -0.39 is 23.0 Å². The molecule has 0 unspecified atom stereocenters. The van der Waals surface area contributed by atoms with Crippen LogP contribution >= 0.6 is 11.3 Å². The Hall–Kier alpha value is -1.99. The SMILES string of the molecule is C[C@H]1COc2sc(N)c(C(=O)c3c(F)cccc3F)c2CO1. The molecule has 0 amide bonds. The van der Waals surface area contributed by atoms with Crippen LogP contribution in [0.25, 0.3) is 0 Å². The van der Waals surface area contributed by atoms with Gasteiger partial charge in [0.15, 0.2) is 5.06 Å². The van der Waals surface area contributed by atoms with Gasteiger partial charge in [-0.2, -0.15) is 0 Å². The Morgan fingerprint density at radius 2 is 2.00 bits per heavy atom. The molecule has 1 aromatic heterocycles. The van der Waals surface area contributed by atoms with Crippen LogP contribution in [0.3, 0.4) is 0 Å². The maximum Gasteiger partial charge on any atom is 0.202 e. The normalized spacial score (nSPS) is 17.5. The minimum Gasteiger partial charge on any atom is -0.481 e. The number of ketones is 1. The maximum absolute atomic E-state index is 13.8. The summed E-state index contributed by atoms with van der Waals surface area (Å²) in [5.41, 5.74) is 5.74. The molecule has 7 heteroatoms. The number of carbonyl (C=O) groups excluding carboxylic acids is 1. The Morgan fingerprint density at radius 1 is 1.32 bits per heavy atom. The fourth-order valence-electron chi connectivity index (χ4n) is 2.27. The number of fused-ring (bicyclic) bond motifs is 1. The van der Waals surface area contributed by atoms with Gasteiger partial charge < -0.3 is 15.2 Å². The van der Waals surface area contributed by atoms with Crippen molar-refractivity contribution in [1.82, 2.24) is 0 Å². The highest BCUT2D eigenvalue weighted by Crippen LogP contribution is 2.41. The minimum atomic E-state index is -0.923. The van der Waals surface area contributed by atoms with Gasteiger partial charge in [-0.25, -0.2) is 8.78 Å². The molecule has 2 heterocycles. The molecule has 22 heavy (non-hydrogen) atoms. The van der Waals surface area contributed by atoms with Gasteiger partial charge in [0.05, 0.1) is 23.8 Å². The summed E-state index contributed by atoms with van der Waals surface area (Å²) in [6, 6.07) is 3.27. The van der Waals surface area contributed by atoms with Gasteiger partial charge in [0.2, 0.25) is 5.78 Å². The van der Waals surface area contributed by atoms with Crippen molar-refractivity contribution in [3.8, 4) is 5.06 Å². The molecule has 3 rings (SSSR count). The lowest BCUT2D eigenvalue weighted by atomic mass is 10.0. The molecule has 116 valence electrons. The third-order valence-corrected chi connectivity index (χ3v) is 4.35. The average molecular weight is 325 g/mol. The van der Waals surface area contributed by atoms with Crippen molar-refractivity contribution in [2.75, 3.05) is 12.3 Å². The van der Waals surface area contributed by atoms with Crippen LogP contribution < -0.4 is 10.5 Å². The largest absolute Gasteiger partial charge is 0.481 e. The molecule has 0 spiro atoms. The van der Waals surface area contributed by atoms with Crippen molar-refractivity contribution in [2.45, 2.75) is 19.6 Å². The average Bonchev–Trinajstić information content (AvgIpc) is 2.67. The first-order chi connectivity index (χ1) is 10.5. The molecule has 0 radical (unpaired) electrons. The highest BCUT2D eigenvalue weighted by atomic mass is 32.1. The number of benzene rings is 1. The molecule has 1 aliphatic heterocycles. The monoisotopic (exact) mass is 325 g/mol. The van der Waals surface area contributed by atoms with Gasteiger partial charge in [-0.3, -0.25) is 4.79 Å². The second kappa shape index (κ2) is 5.66. The molecule has 4 nitrogen and oxygen atoms in total. The Kier molecular flexibility index (Phi) is 3.84. The molecule has 1 atom stereocenters. The smallest absolute Gasteiger partial charge is 0.202 e. The van der Waals surface area contributed by atoms with Crippen LogP contribution in [0.5, 0.6) is 5.06 Å². The summed E-state index contributed by atoms with van der Waals surface area (Å²) in [7, 11) is 0. The van der Waals surface area contributed by atoms with Gasteiger partial charge in [-0.15, -0.1) is 0 Å². The van der Waals surface area contributed by atoms with Gasteiger partial charge in [0, 0.05) is 5.56 Å². The first-order valence-corrected chi connectivity index (χ1v) is 7.45. The number of hydrogen-bond donors (Lipinski definition) is 1. The first kappa shape index (κ1) is 14.9. The number of thiophene rings is 1. The predicted octanol–water partition coefficient (Wildman–Crippen LogP) is 3.14. The molecule has 0 saturated heterocycles. The fraction of sp³-hybridized carbons (Fsp3) is 0.267. The quantitative estimate of drug-likeness (QED) is 0.862. The van der Waals surface area contributed by atoms with E-state index in [9.17, 15) is 13.6 Å². The lowest BCUT2D eigenvalue weighted by molar-refractivity contribution is 0.0360. The van der Waals surface area contributed by atoms with Crippen molar-refractivity contribution in [3.63, 3.8) is 0 Å². The highest BCUT2D eigenvalue weighted by Gasteiger charge is 2.30. The maximum atomic E-state index is 13.8. The van der Waals surface area contributed by atoms with Gasteiger partial charge in [-0.05, 0) is 19.1 Å². The molecular formula is C15H13F2NO3S. The summed E-state index contributed by atoms with van der Waals surface area (Å²) in [5, 5.41) is 0.623. The van der Waals surface area contributed by atoms with Gasteiger partial charge in [0.1, 0.15) is 23.2 Å². The molecule has 1 aliphatic rings.